The van der Waals surface area contributed by atoms with Crippen molar-refractivity contribution in [3.05, 3.63) is 29.8 Å². The van der Waals surface area contributed by atoms with E-state index in [0.717, 1.165) is 30.7 Å². The van der Waals surface area contributed by atoms with E-state index in [-0.39, 0.29) is 36.1 Å². The van der Waals surface area contributed by atoms with Crippen LogP contribution in [0.3, 0.4) is 0 Å². The lowest BCUT2D eigenvalue weighted by Gasteiger charge is -2.51. The number of methoxy groups -OCH3 is 1. The van der Waals surface area contributed by atoms with E-state index in [4.69, 9.17) is 4.74 Å². The van der Waals surface area contributed by atoms with Crippen molar-refractivity contribution in [3.63, 3.8) is 0 Å². The van der Waals surface area contributed by atoms with Gasteiger partial charge in [0.1, 0.15) is 5.75 Å². The Morgan fingerprint density at radius 2 is 1.97 bits per heavy atom. The molecule has 3 aliphatic rings. The van der Waals surface area contributed by atoms with Gasteiger partial charge in [-0.15, -0.1) is 0 Å². The highest BCUT2D eigenvalue weighted by Gasteiger charge is 2.49. The molecule has 1 saturated carbocycles. The van der Waals surface area contributed by atoms with Crippen molar-refractivity contribution in [2.45, 2.75) is 25.7 Å². The number of ether oxygens (including phenoxy) is 1. The number of hydrogen-bond acceptors (Lipinski definition) is 4. The second-order valence-electron chi connectivity index (χ2n) is 8.35. The van der Waals surface area contributed by atoms with E-state index in [1.807, 2.05) is 29.2 Å². The molecule has 4 rings (SSSR count). The Bertz CT molecular complexity index is 779. The summed E-state index contributed by atoms with van der Waals surface area (Å²) in [5.41, 5.74) is 1.12. The number of rotatable bonds is 5. The van der Waals surface area contributed by atoms with Crippen LogP contribution in [0.2, 0.25) is 0 Å². The minimum atomic E-state index is -0.0838. The molecule has 1 aromatic rings. The summed E-state index contributed by atoms with van der Waals surface area (Å²) in [7, 11) is 1.64. The Hall–Kier alpha value is -2.57. The van der Waals surface area contributed by atoms with Gasteiger partial charge < -0.3 is 19.9 Å². The molecular formula is C22H29N3O4. The summed E-state index contributed by atoms with van der Waals surface area (Å²) < 4.78 is 5.17. The number of benzene rings is 1. The number of fused-ring (bicyclic) bond motifs is 1. The van der Waals surface area contributed by atoms with Gasteiger partial charge in [0.05, 0.1) is 13.7 Å². The molecule has 0 bridgehead atoms. The summed E-state index contributed by atoms with van der Waals surface area (Å²) in [5.74, 6) is 1.72. The summed E-state index contributed by atoms with van der Waals surface area (Å²) in [6.45, 7) is 2.74. The van der Waals surface area contributed by atoms with Gasteiger partial charge in [-0.3, -0.25) is 14.4 Å². The van der Waals surface area contributed by atoms with Crippen LogP contribution in [-0.4, -0.2) is 67.4 Å². The van der Waals surface area contributed by atoms with Crippen molar-refractivity contribution in [1.29, 1.82) is 0 Å². The predicted molar refractivity (Wildman–Crippen MR) is 107 cm³/mol. The van der Waals surface area contributed by atoms with Gasteiger partial charge in [0.2, 0.25) is 17.7 Å². The molecule has 7 heteroatoms. The highest BCUT2D eigenvalue weighted by molar-refractivity contribution is 5.87. The molecule has 0 spiro atoms. The van der Waals surface area contributed by atoms with Crippen molar-refractivity contribution < 1.29 is 19.1 Å². The number of amides is 3. The maximum Gasteiger partial charge on any atom is 0.239 e. The van der Waals surface area contributed by atoms with Crippen LogP contribution in [0, 0.1) is 17.8 Å². The zero-order valence-electron chi connectivity index (χ0n) is 16.9. The van der Waals surface area contributed by atoms with Gasteiger partial charge >= 0.3 is 0 Å². The standard InChI is InChI=1S/C22H29N3O4/c1-29-17-5-2-15(3-6-17)4-7-21(27)24-10-8-16-12-18(19(16)13-24)22(28)25-11-9-23-20(26)14-25/h2-3,5-6,16,18-19H,4,7-14H2,1H3,(H,23,26)/t16-,18-,19-/m1/s1. The van der Waals surface area contributed by atoms with Crippen LogP contribution >= 0.6 is 0 Å². The number of piperidine rings is 1. The Balaban J connectivity index is 1.29. The third kappa shape index (κ3) is 4.23. The average Bonchev–Trinajstić information content (AvgIpc) is 2.73. The number of hydrogen-bond donors (Lipinski definition) is 1. The van der Waals surface area contributed by atoms with Crippen LogP contribution < -0.4 is 10.1 Å². The number of likely N-dealkylation sites (tertiary alicyclic amines) is 1. The molecule has 7 nitrogen and oxygen atoms in total. The van der Waals surface area contributed by atoms with E-state index in [1.165, 1.54) is 0 Å². The van der Waals surface area contributed by atoms with Crippen molar-refractivity contribution in [1.82, 2.24) is 15.1 Å². The van der Waals surface area contributed by atoms with Crippen molar-refractivity contribution in [3.8, 4) is 5.75 Å². The third-order valence-corrected chi connectivity index (χ3v) is 6.69. The molecule has 0 unspecified atom stereocenters. The predicted octanol–water partition coefficient (Wildman–Crippen LogP) is 1.07. The van der Waals surface area contributed by atoms with E-state index in [1.54, 1.807) is 12.0 Å². The minimum Gasteiger partial charge on any atom is -0.497 e. The lowest BCUT2D eigenvalue weighted by atomic mass is 9.61. The molecule has 3 amide bonds. The van der Waals surface area contributed by atoms with Crippen LogP contribution in [-0.2, 0) is 20.8 Å². The maximum absolute atomic E-state index is 12.9. The zero-order valence-corrected chi connectivity index (χ0v) is 16.9. The van der Waals surface area contributed by atoms with E-state index in [2.05, 4.69) is 5.32 Å². The molecule has 1 aliphatic carbocycles. The smallest absolute Gasteiger partial charge is 0.239 e. The first-order valence-electron chi connectivity index (χ1n) is 10.5. The largest absolute Gasteiger partial charge is 0.497 e. The molecule has 2 heterocycles. The SMILES string of the molecule is COc1ccc(CCC(=O)N2CC[C@@H]3C[C@@H](C(=O)N4CCNC(=O)C4)[C@@H]3C2)cc1. The summed E-state index contributed by atoms with van der Waals surface area (Å²) in [5, 5.41) is 2.76. The number of nitrogens with one attached hydrogen (secondary N) is 1. The van der Waals surface area contributed by atoms with Crippen LogP contribution in [0.1, 0.15) is 24.8 Å². The van der Waals surface area contributed by atoms with Gasteiger partial charge in [0, 0.05) is 38.5 Å². The molecule has 3 fully saturated rings. The molecule has 3 atom stereocenters. The van der Waals surface area contributed by atoms with E-state index in [9.17, 15) is 14.4 Å². The first-order chi connectivity index (χ1) is 14.0. The average molecular weight is 399 g/mol. The topological polar surface area (TPSA) is 79.0 Å². The molecule has 29 heavy (non-hydrogen) atoms. The maximum atomic E-state index is 12.9. The molecule has 2 aliphatic heterocycles. The van der Waals surface area contributed by atoms with Gasteiger partial charge in [-0.1, -0.05) is 12.1 Å². The molecule has 2 saturated heterocycles. The third-order valence-electron chi connectivity index (χ3n) is 6.69. The minimum absolute atomic E-state index is 0.0388. The highest BCUT2D eigenvalue weighted by Crippen LogP contribution is 2.46. The molecule has 0 aromatic heterocycles. The summed E-state index contributed by atoms with van der Waals surface area (Å²) in [6, 6.07) is 7.81. The van der Waals surface area contributed by atoms with Crippen molar-refractivity contribution >= 4 is 17.7 Å². The van der Waals surface area contributed by atoms with E-state index >= 15 is 0 Å². The monoisotopic (exact) mass is 399 g/mol. The van der Waals surface area contributed by atoms with Crippen LogP contribution in [0.25, 0.3) is 0 Å². The normalized spacial score (nSPS) is 26.2. The summed E-state index contributed by atoms with van der Waals surface area (Å²) in [6.07, 6.45) is 3.06. The van der Waals surface area contributed by atoms with Gasteiger partial charge in [0.15, 0.2) is 0 Å². The molecule has 1 aromatic carbocycles. The van der Waals surface area contributed by atoms with Crippen LogP contribution in [0.5, 0.6) is 5.75 Å². The number of nitrogens with zero attached hydrogens (tertiary/aromatic N) is 2. The quantitative estimate of drug-likeness (QED) is 0.803. The number of piperazine rings is 1. The summed E-state index contributed by atoms with van der Waals surface area (Å²) >= 11 is 0. The molecular weight excluding hydrogens is 370 g/mol. The number of carbonyl (C=O) groups is 3. The lowest BCUT2D eigenvalue weighted by Crippen LogP contribution is -2.59. The number of carbonyl (C=O) groups excluding carboxylic acids is 3. The lowest BCUT2D eigenvalue weighted by molar-refractivity contribution is -0.154. The Morgan fingerprint density at radius 1 is 1.17 bits per heavy atom. The first kappa shape index (κ1) is 19.7. The second-order valence-corrected chi connectivity index (χ2v) is 8.35. The van der Waals surface area contributed by atoms with Gasteiger partial charge in [-0.05, 0) is 48.8 Å². The van der Waals surface area contributed by atoms with E-state index < -0.39 is 0 Å². The summed E-state index contributed by atoms with van der Waals surface area (Å²) in [4.78, 5) is 40.8. The Kier molecular flexibility index (Phi) is 5.74. The molecule has 0 radical (unpaired) electrons. The molecule has 156 valence electrons. The van der Waals surface area contributed by atoms with Gasteiger partial charge in [0.25, 0.3) is 0 Å². The molecule has 1 N–H and O–H groups in total. The van der Waals surface area contributed by atoms with Crippen molar-refractivity contribution in [2.24, 2.45) is 17.8 Å². The van der Waals surface area contributed by atoms with Gasteiger partial charge in [-0.25, -0.2) is 0 Å². The Labute approximate surface area is 171 Å². The van der Waals surface area contributed by atoms with E-state index in [0.29, 0.717) is 38.4 Å². The highest BCUT2D eigenvalue weighted by atomic mass is 16.5. The van der Waals surface area contributed by atoms with Crippen LogP contribution in [0.4, 0.5) is 0 Å². The van der Waals surface area contributed by atoms with Crippen molar-refractivity contribution in [2.75, 3.05) is 39.8 Å². The van der Waals surface area contributed by atoms with Crippen LogP contribution in [0.15, 0.2) is 24.3 Å². The fraction of sp³-hybridized carbons (Fsp3) is 0.591. The van der Waals surface area contributed by atoms with Gasteiger partial charge in [-0.2, -0.15) is 0 Å². The fourth-order valence-electron chi connectivity index (χ4n) is 4.86. The Morgan fingerprint density at radius 3 is 2.69 bits per heavy atom. The zero-order chi connectivity index (χ0) is 20.4. The second kappa shape index (κ2) is 8.43. The fourth-order valence-corrected chi connectivity index (χ4v) is 4.86. The first-order valence-corrected chi connectivity index (χ1v) is 10.5. The number of aryl methyl sites for hydroxylation is 1.